The molecule has 15 heteroatoms. The van der Waals surface area contributed by atoms with E-state index in [4.69, 9.17) is 21.7 Å². The maximum absolute atomic E-state index is 12.7. The number of fused-ring (bicyclic) bond motifs is 2. The lowest BCUT2D eigenvalue weighted by molar-refractivity contribution is -0.134. The fourth-order valence-corrected chi connectivity index (χ4v) is 8.53. The molecule has 0 aliphatic carbocycles. The van der Waals surface area contributed by atoms with Gasteiger partial charge in [-0.15, -0.1) is 0 Å². The summed E-state index contributed by atoms with van der Waals surface area (Å²) >= 11 is 6.57. The fourth-order valence-electron chi connectivity index (χ4n) is 8.39. The van der Waals surface area contributed by atoms with Crippen LogP contribution in [0.3, 0.4) is 0 Å². The maximum Gasteiger partial charge on any atom is 0.252 e. The third-order valence-electron chi connectivity index (χ3n) is 11.2. The number of hydrogen-bond donors (Lipinski definition) is 2. The molecule has 0 spiro atoms. The van der Waals surface area contributed by atoms with Gasteiger partial charge in [0.05, 0.1) is 40.9 Å². The van der Waals surface area contributed by atoms with Crippen LogP contribution in [0.5, 0.6) is 0 Å². The van der Waals surface area contributed by atoms with Crippen molar-refractivity contribution in [2.45, 2.75) is 64.5 Å². The molecule has 14 nitrogen and oxygen atoms in total. The zero-order chi connectivity index (χ0) is 37.7. The van der Waals surface area contributed by atoms with Gasteiger partial charge >= 0.3 is 0 Å². The molecule has 0 bridgehead atoms. The minimum absolute atomic E-state index is 0.00816. The van der Waals surface area contributed by atoms with Crippen LogP contribution < -0.4 is 26.0 Å². The number of halogens is 1. The molecule has 3 saturated heterocycles. The number of nitrogens with zero attached hydrogens (tertiary/aromatic N) is 9. The zero-order valence-corrected chi connectivity index (χ0v) is 31.9. The third kappa shape index (κ3) is 6.88. The summed E-state index contributed by atoms with van der Waals surface area (Å²) in [7, 11) is 1.94. The second kappa shape index (κ2) is 14.6. The highest BCUT2D eigenvalue weighted by molar-refractivity contribution is 6.32. The number of pyridine rings is 2. The smallest absolute Gasteiger partial charge is 0.252 e. The number of carbonyl (C=O) groups excluding carboxylic acids is 2. The van der Waals surface area contributed by atoms with E-state index < -0.39 is 5.92 Å². The first-order chi connectivity index (χ1) is 26.0. The molecule has 4 aromatic heterocycles. The maximum atomic E-state index is 12.7. The number of hydrogen-bond acceptors (Lipinski definition) is 11. The average Bonchev–Trinajstić information content (AvgIpc) is 3.49. The fraction of sp³-hybridized carbons (Fsp3) is 0.462. The second-order valence-corrected chi connectivity index (χ2v) is 15.6. The minimum Gasteiger partial charge on any atom is -0.370 e. The number of nitrogens with one attached hydrogen (secondary N) is 2. The summed E-state index contributed by atoms with van der Waals surface area (Å²) < 4.78 is 3.58. The second-order valence-electron chi connectivity index (χ2n) is 15.2. The molecule has 5 aromatic rings. The number of piperidine rings is 2. The van der Waals surface area contributed by atoms with Gasteiger partial charge in [0, 0.05) is 81.7 Å². The van der Waals surface area contributed by atoms with Crippen LogP contribution in [0.1, 0.15) is 64.1 Å². The Hall–Kier alpha value is -5.08. The van der Waals surface area contributed by atoms with Crippen molar-refractivity contribution in [1.82, 2.24) is 39.5 Å². The standard InChI is InChI=1S/C39H46ClN11O3/c1-23(2)51-33(53)11-8-26-18-27(19-41-37(26)51)43-36-30(40)20-42-39(45-36)50-17-16-49(24(3)21-50)22-25-12-14-48(15-13-25)31-7-5-6-28-34(46-47(4)35(28)31)29-9-10-32(52)44-38(29)54/h5-8,11,18-20,23-25,29H,9-10,12-17,21-22H2,1-4H3,(H,42,43,45)(H,44,52,54)/t24-,29?/m0/s1. The number of para-hydroxylation sites is 1. The molecule has 2 N–H and O–H groups in total. The monoisotopic (exact) mass is 751 g/mol. The van der Waals surface area contributed by atoms with E-state index in [-0.39, 0.29) is 23.4 Å². The van der Waals surface area contributed by atoms with Crippen LogP contribution in [-0.2, 0) is 16.6 Å². The first kappa shape index (κ1) is 35.9. The molecule has 7 heterocycles. The highest BCUT2D eigenvalue weighted by Gasteiger charge is 2.33. The topological polar surface area (TPSA) is 146 Å². The van der Waals surface area contributed by atoms with E-state index in [1.165, 1.54) is 0 Å². The first-order valence-electron chi connectivity index (χ1n) is 18.9. The van der Waals surface area contributed by atoms with Gasteiger partial charge in [0.25, 0.3) is 5.56 Å². The van der Waals surface area contributed by atoms with Crippen molar-refractivity contribution < 1.29 is 9.59 Å². The molecule has 0 radical (unpaired) electrons. The summed E-state index contributed by atoms with van der Waals surface area (Å²) in [6.45, 7) is 11.7. The molecule has 1 unspecified atom stereocenters. The number of amides is 2. The Balaban J connectivity index is 0.886. The van der Waals surface area contributed by atoms with Gasteiger partial charge in [-0.2, -0.15) is 10.1 Å². The normalized spacial score (nSPS) is 20.3. The number of benzene rings is 1. The van der Waals surface area contributed by atoms with Crippen LogP contribution >= 0.6 is 11.6 Å². The lowest BCUT2D eigenvalue weighted by Gasteiger charge is -2.43. The van der Waals surface area contributed by atoms with Crippen molar-refractivity contribution in [1.29, 1.82) is 0 Å². The molecule has 282 valence electrons. The number of aryl methyl sites for hydroxylation is 1. The predicted octanol–water partition coefficient (Wildman–Crippen LogP) is 5.00. The first-order valence-corrected chi connectivity index (χ1v) is 19.3. The molecule has 3 aliphatic rings. The van der Waals surface area contributed by atoms with Crippen LogP contribution in [0.25, 0.3) is 21.9 Å². The Bertz CT molecular complexity index is 2300. The molecular weight excluding hydrogens is 706 g/mol. The summed E-state index contributed by atoms with van der Waals surface area (Å²) in [5.41, 5.74) is 4.22. The van der Waals surface area contributed by atoms with E-state index in [9.17, 15) is 14.4 Å². The molecule has 2 amide bonds. The molecule has 0 saturated carbocycles. The van der Waals surface area contributed by atoms with Gasteiger partial charge in [0.1, 0.15) is 10.7 Å². The summed E-state index contributed by atoms with van der Waals surface area (Å²) in [6, 6.07) is 11.9. The summed E-state index contributed by atoms with van der Waals surface area (Å²) in [6.07, 6.45) is 6.34. The van der Waals surface area contributed by atoms with Crippen LogP contribution in [0.2, 0.25) is 5.02 Å². The van der Waals surface area contributed by atoms with E-state index in [0.717, 1.165) is 85.5 Å². The Morgan fingerprint density at radius 1 is 0.981 bits per heavy atom. The molecule has 54 heavy (non-hydrogen) atoms. The van der Waals surface area contributed by atoms with Crippen molar-refractivity contribution in [2.24, 2.45) is 13.0 Å². The van der Waals surface area contributed by atoms with Crippen molar-refractivity contribution in [3.05, 3.63) is 69.9 Å². The third-order valence-corrected chi connectivity index (χ3v) is 11.5. The van der Waals surface area contributed by atoms with E-state index in [1.807, 2.05) is 37.7 Å². The number of aromatic nitrogens is 6. The minimum atomic E-state index is -0.415. The quantitative estimate of drug-likeness (QED) is 0.207. The van der Waals surface area contributed by atoms with E-state index in [1.54, 1.807) is 29.1 Å². The Morgan fingerprint density at radius 3 is 2.56 bits per heavy atom. The average molecular weight is 752 g/mol. The summed E-state index contributed by atoms with van der Waals surface area (Å²) in [4.78, 5) is 58.2. The number of carbonyl (C=O) groups is 2. The lowest BCUT2D eigenvalue weighted by atomic mass is 9.92. The summed E-state index contributed by atoms with van der Waals surface area (Å²) in [5, 5.41) is 12.9. The lowest BCUT2D eigenvalue weighted by Crippen LogP contribution is -2.54. The van der Waals surface area contributed by atoms with Crippen LogP contribution in [-0.4, -0.2) is 91.3 Å². The van der Waals surface area contributed by atoms with Crippen molar-refractivity contribution in [2.75, 3.05) is 54.4 Å². The van der Waals surface area contributed by atoms with Crippen LogP contribution in [0, 0.1) is 5.92 Å². The Kier molecular flexibility index (Phi) is 9.73. The van der Waals surface area contributed by atoms with Crippen LogP contribution in [0.4, 0.5) is 23.1 Å². The number of anilines is 4. The number of rotatable bonds is 8. The molecule has 3 aliphatic heterocycles. The highest BCUT2D eigenvalue weighted by Crippen LogP contribution is 2.36. The Morgan fingerprint density at radius 2 is 1.80 bits per heavy atom. The molecule has 1 aromatic carbocycles. The molecule has 8 rings (SSSR count). The summed E-state index contributed by atoms with van der Waals surface area (Å²) in [5.74, 6) is 0.846. The van der Waals surface area contributed by atoms with Gasteiger partial charge in [-0.05, 0) is 64.2 Å². The predicted molar refractivity (Wildman–Crippen MR) is 211 cm³/mol. The Labute approximate surface area is 318 Å². The zero-order valence-electron chi connectivity index (χ0n) is 31.1. The van der Waals surface area contributed by atoms with Crippen molar-refractivity contribution in [3.8, 4) is 0 Å². The van der Waals surface area contributed by atoms with Gasteiger partial charge < -0.3 is 15.1 Å². The largest absolute Gasteiger partial charge is 0.370 e. The van der Waals surface area contributed by atoms with E-state index in [0.29, 0.717) is 47.2 Å². The molecule has 2 atom stereocenters. The van der Waals surface area contributed by atoms with Gasteiger partial charge in [-0.3, -0.25) is 33.8 Å². The van der Waals surface area contributed by atoms with Crippen molar-refractivity contribution in [3.63, 3.8) is 0 Å². The van der Waals surface area contributed by atoms with E-state index in [2.05, 4.69) is 54.4 Å². The SMILES string of the molecule is CC(C)n1c(=O)ccc2cc(Nc3nc(N4CCN(CC5CCN(c6cccc7c(C8CCC(=O)NC8=O)nn(C)c67)CC5)[C@@H](C)C4)ncc3Cl)cnc21. The molecule has 3 fully saturated rings. The van der Waals surface area contributed by atoms with Crippen LogP contribution in [0.15, 0.2) is 53.6 Å². The molecular formula is C39H46ClN11O3. The van der Waals surface area contributed by atoms with E-state index >= 15 is 0 Å². The van der Waals surface area contributed by atoms with Gasteiger partial charge in [0.2, 0.25) is 17.8 Å². The highest BCUT2D eigenvalue weighted by atomic mass is 35.5. The van der Waals surface area contributed by atoms with Crippen molar-refractivity contribution >= 4 is 68.5 Å². The van der Waals surface area contributed by atoms with Gasteiger partial charge in [0.15, 0.2) is 5.82 Å². The van der Waals surface area contributed by atoms with Gasteiger partial charge in [-0.1, -0.05) is 23.7 Å². The van der Waals surface area contributed by atoms with Gasteiger partial charge in [-0.25, -0.2) is 9.97 Å². The number of piperazine rings is 1. The number of imide groups is 1.